The molecular weight excluding hydrogens is 260 g/mol. The van der Waals surface area contributed by atoms with E-state index in [1.165, 1.54) is 6.42 Å². The van der Waals surface area contributed by atoms with E-state index in [9.17, 15) is 4.79 Å². The van der Waals surface area contributed by atoms with Crippen molar-refractivity contribution in [2.24, 2.45) is 11.7 Å². The zero-order valence-electron chi connectivity index (χ0n) is 11.4. The lowest BCUT2D eigenvalue weighted by atomic mass is 10.0. The molecule has 0 spiro atoms. The number of carbonyl (C=O) groups excluding carboxylic acids is 1. The molecule has 4 heteroatoms. The molecule has 19 heavy (non-hydrogen) atoms. The Morgan fingerprint density at radius 3 is 2.63 bits per heavy atom. The Hall–Kier alpha value is -1.06. The third-order valence-electron chi connectivity index (χ3n) is 3.75. The van der Waals surface area contributed by atoms with Gasteiger partial charge in [-0.3, -0.25) is 4.79 Å². The smallest absolute Gasteiger partial charge is 0.244 e. The standard InChI is InChI=1S/C15H22N2O.ClH/c1-12-6-5-10-17(11-9-12)15(18)14(16)13-7-3-2-4-8-13;/h2-4,7-8,12,14H,5-6,9-11,16H2,1H3;1H. The van der Waals surface area contributed by atoms with Crippen molar-refractivity contribution in [3.63, 3.8) is 0 Å². The van der Waals surface area contributed by atoms with Crippen molar-refractivity contribution >= 4 is 18.3 Å². The number of nitrogens with two attached hydrogens (primary N) is 1. The molecule has 1 aliphatic rings. The van der Waals surface area contributed by atoms with Gasteiger partial charge in [0.25, 0.3) is 0 Å². The van der Waals surface area contributed by atoms with Crippen molar-refractivity contribution in [1.82, 2.24) is 4.90 Å². The van der Waals surface area contributed by atoms with Gasteiger partial charge in [0.2, 0.25) is 5.91 Å². The minimum Gasteiger partial charge on any atom is -0.341 e. The molecule has 1 fully saturated rings. The van der Waals surface area contributed by atoms with Crippen LogP contribution in [0.15, 0.2) is 30.3 Å². The van der Waals surface area contributed by atoms with Crippen molar-refractivity contribution in [2.75, 3.05) is 13.1 Å². The molecule has 2 atom stereocenters. The predicted octanol–water partition coefficient (Wildman–Crippen LogP) is 2.76. The van der Waals surface area contributed by atoms with Gasteiger partial charge in [-0.25, -0.2) is 0 Å². The molecule has 2 N–H and O–H groups in total. The highest BCUT2D eigenvalue weighted by molar-refractivity contribution is 5.85. The normalized spacial score (nSPS) is 21.2. The molecule has 0 saturated carbocycles. The molecule has 0 bridgehead atoms. The summed E-state index contributed by atoms with van der Waals surface area (Å²) in [6, 6.07) is 9.11. The first kappa shape index (κ1) is 16.0. The highest BCUT2D eigenvalue weighted by Crippen LogP contribution is 2.19. The van der Waals surface area contributed by atoms with E-state index < -0.39 is 6.04 Å². The van der Waals surface area contributed by atoms with E-state index in [1.807, 2.05) is 35.2 Å². The van der Waals surface area contributed by atoms with Crippen molar-refractivity contribution in [1.29, 1.82) is 0 Å². The molecule has 0 radical (unpaired) electrons. The zero-order chi connectivity index (χ0) is 13.0. The molecule has 1 amide bonds. The molecule has 3 nitrogen and oxygen atoms in total. The first-order valence-electron chi connectivity index (χ1n) is 6.78. The van der Waals surface area contributed by atoms with Crippen LogP contribution >= 0.6 is 12.4 Å². The monoisotopic (exact) mass is 282 g/mol. The van der Waals surface area contributed by atoms with Gasteiger partial charge in [0.05, 0.1) is 0 Å². The fourth-order valence-electron chi connectivity index (χ4n) is 2.48. The number of amides is 1. The van der Waals surface area contributed by atoms with Crippen LogP contribution in [-0.4, -0.2) is 23.9 Å². The highest BCUT2D eigenvalue weighted by Gasteiger charge is 2.24. The summed E-state index contributed by atoms with van der Waals surface area (Å²) in [5, 5.41) is 0. The van der Waals surface area contributed by atoms with Gasteiger partial charge >= 0.3 is 0 Å². The number of hydrogen-bond acceptors (Lipinski definition) is 2. The quantitative estimate of drug-likeness (QED) is 0.907. The van der Waals surface area contributed by atoms with Gasteiger partial charge in [0.1, 0.15) is 6.04 Å². The average molecular weight is 283 g/mol. The van der Waals surface area contributed by atoms with Gasteiger partial charge in [-0.1, -0.05) is 37.3 Å². The van der Waals surface area contributed by atoms with Crippen molar-refractivity contribution in [3.8, 4) is 0 Å². The third kappa shape index (κ3) is 4.22. The maximum Gasteiger partial charge on any atom is 0.244 e. The Morgan fingerprint density at radius 2 is 1.95 bits per heavy atom. The Bertz CT molecular complexity index is 396. The fourth-order valence-corrected chi connectivity index (χ4v) is 2.48. The van der Waals surface area contributed by atoms with E-state index in [-0.39, 0.29) is 18.3 Å². The largest absolute Gasteiger partial charge is 0.341 e. The first-order chi connectivity index (χ1) is 8.68. The van der Waals surface area contributed by atoms with Gasteiger partial charge < -0.3 is 10.6 Å². The number of halogens is 1. The second-order valence-corrected chi connectivity index (χ2v) is 5.25. The van der Waals surface area contributed by atoms with Crippen LogP contribution in [-0.2, 0) is 4.79 Å². The Labute approximate surface area is 121 Å². The summed E-state index contributed by atoms with van der Waals surface area (Å²) < 4.78 is 0. The van der Waals surface area contributed by atoms with Crippen LogP contribution in [0.4, 0.5) is 0 Å². The van der Waals surface area contributed by atoms with E-state index in [2.05, 4.69) is 6.92 Å². The molecule has 1 aromatic carbocycles. The number of likely N-dealkylation sites (tertiary alicyclic amines) is 1. The van der Waals surface area contributed by atoms with Crippen LogP contribution < -0.4 is 5.73 Å². The minimum absolute atomic E-state index is 0. The Morgan fingerprint density at radius 1 is 1.26 bits per heavy atom. The predicted molar refractivity (Wildman–Crippen MR) is 80.2 cm³/mol. The third-order valence-corrected chi connectivity index (χ3v) is 3.75. The lowest BCUT2D eigenvalue weighted by molar-refractivity contribution is -0.132. The average Bonchev–Trinajstić information content (AvgIpc) is 2.63. The van der Waals surface area contributed by atoms with E-state index >= 15 is 0 Å². The summed E-state index contributed by atoms with van der Waals surface area (Å²) in [5.74, 6) is 0.783. The molecule has 1 saturated heterocycles. The van der Waals surface area contributed by atoms with Gasteiger partial charge in [-0.05, 0) is 30.7 Å². The number of carbonyl (C=O) groups is 1. The second-order valence-electron chi connectivity index (χ2n) is 5.25. The summed E-state index contributed by atoms with van der Waals surface area (Å²) in [5.41, 5.74) is 6.97. The maximum absolute atomic E-state index is 12.4. The van der Waals surface area contributed by atoms with Gasteiger partial charge in [-0.2, -0.15) is 0 Å². The molecular formula is C15H23ClN2O. The van der Waals surface area contributed by atoms with Crippen molar-refractivity contribution in [3.05, 3.63) is 35.9 Å². The van der Waals surface area contributed by atoms with Gasteiger partial charge in [0.15, 0.2) is 0 Å². The number of nitrogens with zero attached hydrogens (tertiary/aromatic N) is 1. The lowest BCUT2D eigenvalue weighted by Crippen LogP contribution is -2.39. The summed E-state index contributed by atoms with van der Waals surface area (Å²) >= 11 is 0. The van der Waals surface area contributed by atoms with Crippen LogP contribution in [0.3, 0.4) is 0 Å². The molecule has 1 aromatic rings. The lowest BCUT2D eigenvalue weighted by Gasteiger charge is -2.24. The van der Waals surface area contributed by atoms with Crippen molar-refractivity contribution in [2.45, 2.75) is 32.2 Å². The van der Waals surface area contributed by atoms with E-state index in [0.717, 1.165) is 37.4 Å². The molecule has 1 heterocycles. The summed E-state index contributed by atoms with van der Waals surface area (Å²) in [6.07, 6.45) is 3.39. The highest BCUT2D eigenvalue weighted by atomic mass is 35.5. The molecule has 0 aromatic heterocycles. The number of rotatable bonds is 2. The topological polar surface area (TPSA) is 46.3 Å². The van der Waals surface area contributed by atoms with E-state index in [4.69, 9.17) is 5.73 Å². The van der Waals surface area contributed by atoms with Gasteiger partial charge in [-0.15, -0.1) is 12.4 Å². The van der Waals surface area contributed by atoms with Crippen LogP contribution in [0.5, 0.6) is 0 Å². The fraction of sp³-hybridized carbons (Fsp3) is 0.533. The Kier molecular flexibility index (Phi) is 6.32. The summed E-state index contributed by atoms with van der Waals surface area (Å²) in [7, 11) is 0. The first-order valence-corrected chi connectivity index (χ1v) is 6.78. The summed E-state index contributed by atoms with van der Waals surface area (Å²) in [4.78, 5) is 14.3. The number of hydrogen-bond donors (Lipinski definition) is 1. The SMILES string of the molecule is CC1CCCN(C(=O)C(N)c2ccccc2)CC1.Cl. The summed E-state index contributed by atoms with van der Waals surface area (Å²) in [6.45, 7) is 3.95. The van der Waals surface area contributed by atoms with Crippen LogP contribution in [0.2, 0.25) is 0 Å². The zero-order valence-corrected chi connectivity index (χ0v) is 12.2. The van der Waals surface area contributed by atoms with E-state index in [1.54, 1.807) is 0 Å². The maximum atomic E-state index is 12.4. The van der Waals surface area contributed by atoms with Gasteiger partial charge in [0, 0.05) is 13.1 Å². The number of benzene rings is 1. The molecule has 2 unspecified atom stereocenters. The second kappa shape index (κ2) is 7.51. The molecule has 0 aliphatic carbocycles. The van der Waals surface area contributed by atoms with Crippen LogP contribution in [0.1, 0.15) is 37.8 Å². The van der Waals surface area contributed by atoms with Crippen LogP contribution in [0.25, 0.3) is 0 Å². The molecule has 1 aliphatic heterocycles. The molecule has 106 valence electrons. The van der Waals surface area contributed by atoms with E-state index in [0.29, 0.717) is 0 Å². The Balaban J connectivity index is 0.00000180. The van der Waals surface area contributed by atoms with Crippen LogP contribution in [0, 0.1) is 5.92 Å². The van der Waals surface area contributed by atoms with Crippen molar-refractivity contribution < 1.29 is 4.79 Å². The minimum atomic E-state index is -0.514. The molecule has 2 rings (SSSR count).